The van der Waals surface area contributed by atoms with E-state index in [0.29, 0.717) is 11.6 Å². The van der Waals surface area contributed by atoms with Gasteiger partial charge in [-0.1, -0.05) is 6.92 Å². The van der Waals surface area contributed by atoms with Gasteiger partial charge in [0.15, 0.2) is 0 Å². The molecule has 2 N–H and O–H groups in total. The number of carbonyl (C=O) groups excluding carboxylic acids is 1. The number of amides is 1. The maximum absolute atomic E-state index is 12.6. The van der Waals surface area contributed by atoms with Crippen LogP contribution >= 0.6 is 0 Å². The summed E-state index contributed by atoms with van der Waals surface area (Å²) in [5.41, 5.74) is 2.33. The third kappa shape index (κ3) is 6.42. The quantitative estimate of drug-likeness (QED) is 0.667. The SMILES string of the molecule is CC1CCN(c2ccc(NC(=O)c3ccnc(NCCCN(C)C)n3)cc2)CC1. The van der Waals surface area contributed by atoms with E-state index in [-0.39, 0.29) is 5.91 Å². The second kappa shape index (κ2) is 10.2. The van der Waals surface area contributed by atoms with Crippen molar-refractivity contribution in [2.75, 3.05) is 55.8 Å². The second-order valence-corrected chi connectivity index (χ2v) is 8.02. The van der Waals surface area contributed by atoms with Crippen molar-refractivity contribution >= 4 is 23.2 Å². The molecule has 2 aromatic rings. The maximum Gasteiger partial charge on any atom is 0.274 e. The fourth-order valence-electron chi connectivity index (χ4n) is 3.38. The fraction of sp³-hybridized carbons (Fsp3) is 0.500. The molecule has 0 spiro atoms. The number of aromatic nitrogens is 2. The number of nitrogens with zero attached hydrogens (tertiary/aromatic N) is 4. The number of benzene rings is 1. The van der Waals surface area contributed by atoms with Crippen molar-refractivity contribution < 1.29 is 4.79 Å². The van der Waals surface area contributed by atoms with Crippen LogP contribution < -0.4 is 15.5 Å². The van der Waals surface area contributed by atoms with Crippen molar-refractivity contribution in [1.82, 2.24) is 14.9 Å². The summed E-state index contributed by atoms with van der Waals surface area (Å²) in [7, 11) is 4.09. The van der Waals surface area contributed by atoms with Crippen molar-refractivity contribution in [2.24, 2.45) is 5.92 Å². The molecule has 0 aliphatic carbocycles. The van der Waals surface area contributed by atoms with Gasteiger partial charge >= 0.3 is 0 Å². The Hall–Kier alpha value is -2.67. The lowest BCUT2D eigenvalue weighted by Crippen LogP contribution is -2.32. The summed E-state index contributed by atoms with van der Waals surface area (Å²) >= 11 is 0. The van der Waals surface area contributed by atoms with E-state index in [1.54, 1.807) is 12.3 Å². The molecule has 0 bridgehead atoms. The molecular weight excluding hydrogens is 364 g/mol. The van der Waals surface area contributed by atoms with Gasteiger partial charge in [-0.15, -0.1) is 0 Å². The summed E-state index contributed by atoms with van der Waals surface area (Å²) in [6, 6.07) is 9.68. The number of rotatable bonds is 8. The third-order valence-corrected chi connectivity index (χ3v) is 5.23. The molecule has 2 heterocycles. The Morgan fingerprint density at radius 2 is 1.90 bits per heavy atom. The molecule has 7 nitrogen and oxygen atoms in total. The van der Waals surface area contributed by atoms with Gasteiger partial charge in [0.2, 0.25) is 5.95 Å². The Bertz CT molecular complexity index is 784. The molecule has 1 aliphatic rings. The van der Waals surface area contributed by atoms with Crippen molar-refractivity contribution in [3.8, 4) is 0 Å². The Morgan fingerprint density at radius 1 is 1.17 bits per heavy atom. The number of piperidine rings is 1. The molecule has 156 valence electrons. The minimum absolute atomic E-state index is 0.233. The minimum Gasteiger partial charge on any atom is -0.372 e. The van der Waals surface area contributed by atoms with Crippen LogP contribution in [-0.2, 0) is 0 Å². The minimum atomic E-state index is -0.233. The largest absolute Gasteiger partial charge is 0.372 e. The van der Waals surface area contributed by atoms with Gasteiger partial charge in [-0.3, -0.25) is 4.79 Å². The molecule has 7 heteroatoms. The highest BCUT2D eigenvalue weighted by Gasteiger charge is 2.16. The predicted molar refractivity (Wildman–Crippen MR) is 119 cm³/mol. The van der Waals surface area contributed by atoms with Crippen molar-refractivity contribution in [1.29, 1.82) is 0 Å². The standard InChI is InChI=1S/C22H32N6O/c1-17-10-15-28(16-11-17)19-7-5-18(6-8-19)25-21(29)20-9-13-24-22(26-20)23-12-4-14-27(2)3/h5-9,13,17H,4,10-12,14-16H2,1-3H3,(H,25,29)(H,23,24,26). The maximum atomic E-state index is 12.6. The van der Waals surface area contributed by atoms with Crippen molar-refractivity contribution in [2.45, 2.75) is 26.2 Å². The first kappa shape index (κ1) is 21.0. The lowest BCUT2D eigenvalue weighted by atomic mass is 9.99. The predicted octanol–water partition coefficient (Wildman–Crippen LogP) is 3.33. The fourth-order valence-corrected chi connectivity index (χ4v) is 3.38. The van der Waals surface area contributed by atoms with Gasteiger partial charge in [-0.2, -0.15) is 0 Å². The highest BCUT2D eigenvalue weighted by molar-refractivity contribution is 6.03. The first-order valence-electron chi connectivity index (χ1n) is 10.4. The topological polar surface area (TPSA) is 73.4 Å². The van der Waals surface area contributed by atoms with Crippen LogP contribution in [0.15, 0.2) is 36.5 Å². The van der Waals surface area contributed by atoms with E-state index >= 15 is 0 Å². The van der Waals surface area contributed by atoms with Gasteiger partial charge < -0.3 is 20.4 Å². The average molecular weight is 397 g/mol. The molecule has 1 aromatic heterocycles. The number of nitrogens with one attached hydrogen (secondary N) is 2. The molecule has 0 saturated carbocycles. The van der Waals surface area contributed by atoms with E-state index in [1.165, 1.54) is 18.5 Å². The van der Waals surface area contributed by atoms with Gasteiger partial charge in [-0.25, -0.2) is 9.97 Å². The molecule has 1 fully saturated rings. The number of anilines is 3. The Morgan fingerprint density at radius 3 is 2.59 bits per heavy atom. The van der Waals surface area contributed by atoms with Crippen LogP contribution in [0.4, 0.5) is 17.3 Å². The molecule has 1 saturated heterocycles. The number of hydrogen-bond donors (Lipinski definition) is 2. The summed E-state index contributed by atoms with van der Waals surface area (Å²) in [5.74, 6) is 1.06. The van der Waals surface area contributed by atoms with Crippen molar-refractivity contribution in [3.05, 3.63) is 42.2 Å². The molecule has 0 radical (unpaired) electrons. The number of hydrogen-bond acceptors (Lipinski definition) is 6. The molecule has 29 heavy (non-hydrogen) atoms. The molecule has 1 aliphatic heterocycles. The van der Waals surface area contributed by atoms with Crippen LogP contribution in [0.25, 0.3) is 0 Å². The Kier molecular flexibility index (Phi) is 7.41. The molecule has 0 unspecified atom stereocenters. The molecule has 0 atom stereocenters. The normalized spacial score (nSPS) is 14.8. The van der Waals surface area contributed by atoms with E-state index < -0.39 is 0 Å². The van der Waals surface area contributed by atoms with Crippen LogP contribution in [0.3, 0.4) is 0 Å². The second-order valence-electron chi connectivity index (χ2n) is 8.02. The molecule has 3 rings (SSSR count). The van der Waals surface area contributed by atoms with Crippen LogP contribution in [0, 0.1) is 5.92 Å². The summed E-state index contributed by atoms with van der Waals surface area (Å²) in [6.07, 6.45) is 5.06. The monoisotopic (exact) mass is 396 g/mol. The van der Waals surface area contributed by atoms with E-state index in [2.05, 4.69) is 49.5 Å². The van der Waals surface area contributed by atoms with Crippen LogP contribution in [0.2, 0.25) is 0 Å². The van der Waals surface area contributed by atoms with Crippen LogP contribution in [0.5, 0.6) is 0 Å². The van der Waals surface area contributed by atoms with Crippen LogP contribution in [0.1, 0.15) is 36.7 Å². The van der Waals surface area contributed by atoms with E-state index in [0.717, 1.165) is 44.2 Å². The first-order chi connectivity index (χ1) is 14.0. The van der Waals surface area contributed by atoms with Gasteiger partial charge in [-0.05, 0) is 76.2 Å². The lowest BCUT2D eigenvalue weighted by Gasteiger charge is -2.32. The van der Waals surface area contributed by atoms with Crippen LogP contribution in [-0.4, -0.2) is 61.0 Å². The van der Waals surface area contributed by atoms with E-state index in [4.69, 9.17) is 0 Å². The van der Waals surface area contributed by atoms with Crippen molar-refractivity contribution in [3.63, 3.8) is 0 Å². The first-order valence-corrected chi connectivity index (χ1v) is 10.4. The summed E-state index contributed by atoms with van der Waals surface area (Å²) in [4.78, 5) is 25.6. The third-order valence-electron chi connectivity index (χ3n) is 5.23. The van der Waals surface area contributed by atoms with E-state index in [9.17, 15) is 4.79 Å². The zero-order valence-electron chi connectivity index (χ0n) is 17.7. The molecule has 1 aromatic carbocycles. The molecular formula is C22H32N6O. The van der Waals surface area contributed by atoms with Gasteiger partial charge in [0.05, 0.1) is 0 Å². The van der Waals surface area contributed by atoms with Gasteiger partial charge in [0.1, 0.15) is 5.69 Å². The Balaban J connectivity index is 1.54. The summed E-state index contributed by atoms with van der Waals surface area (Å²) in [5, 5.41) is 6.09. The highest BCUT2D eigenvalue weighted by atomic mass is 16.1. The van der Waals surface area contributed by atoms with E-state index in [1.807, 2.05) is 26.2 Å². The molecule has 1 amide bonds. The summed E-state index contributed by atoms with van der Waals surface area (Å²) in [6.45, 7) is 6.25. The smallest absolute Gasteiger partial charge is 0.274 e. The highest BCUT2D eigenvalue weighted by Crippen LogP contribution is 2.24. The van der Waals surface area contributed by atoms with Gasteiger partial charge in [0, 0.05) is 37.2 Å². The zero-order chi connectivity index (χ0) is 20.6. The Labute approximate surface area is 173 Å². The van der Waals surface area contributed by atoms with Gasteiger partial charge in [0.25, 0.3) is 5.91 Å². The number of carbonyl (C=O) groups is 1. The summed E-state index contributed by atoms with van der Waals surface area (Å²) < 4.78 is 0. The lowest BCUT2D eigenvalue weighted by molar-refractivity contribution is 0.102. The average Bonchev–Trinajstić information content (AvgIpc) is 2.72. The zero-order valence-corrected chi connectivity index (χ0v) is 17.7.